The highest BCUT2D eigenvalue weighted by atomic mass is 16.5. The van der Waals surface area contributed by atoms with Crippen LogP contribution >= 0.6 is 0 Å². The molecule has 128 valence electrons. The monoisotopic (exact) mass is 329 g/mol. The molecule has 0 saturated carbocycles. The van der Waals surface area contributed by atoms with E-state index < -0.39 is 12.0 Å². The molecule has 0 saturated heterocycles. The number of hydrogen-bond donors (Lipinski definition) is 3. The predicted molar refractivity (Wildman–Crippen MR) is 92.2 cm³/mol. The van der Waals surface area contributed by atoms with Crippen LogP contribution in [0.5, 0.6) is 11.5 Å². The van der Waals surface area contributed by atoms with Gasteiger partial charge < -0.3 is 20.3 Å². The van der Waals surface area contributed by atoms with E-state index in [-0.39, 0.29) is 5.75 Å². The van der Waals surface area contributed by atoms with E-state index >= 15 is 0 Å². The van der Waals surface area contributed by atoms with E-state index in [0.717, 1.165) is 17.5 Å². The van der Waals surface area contributed by atoms with E-state index in [4.69, 9.17) is 4.74 Å². The first-order valence-corrected chi connectivity index (χ1v) is 7.95. The molecule has 0 aliphatic heterocycles. The number of aliphatic hydroxyl groups is 1. The average Bonchev–Trinajstić information content (AvgIpc) is 2.62. The molecule has 0 heterocycles. The summed E-state index contributed by atoms with van der Waals surface area (Å²) >= 11 is 0. The molecule has 0 aliphatic rings. The van der Waals surface area contributed by atoms with Crippen molar-refractivity contribution >= 4 is 5.91 Å². The first-order valence-electron chi connectivity index (χ1n) is 7.95. The van der Waals surface area contributed by atoms with E-state index in [9.17, 15) is 15.0 Å². The van der Waals surface area contributed by atoms with Crippen LogP contribution in [0.1, 0.15) is 29.7 Å². The van der Waals surface area contributed by atoms with E-state index in [2.05, 4.69) is 12.2 Å². The molecule has 3 N–H and O–H groups in total. The average molecular weight is 329 g/mol. The number of carbonyl (C=O) groups excluding carboxylic acids is 1. The molecular formula is C19H23NO4. The molecule has 0 unspecified atom stereocenters. The molecule has 0 radical (unpaired) electrons. The van der Waals surface area contributed by atoms with Crippen LogP contribution in [-0.2, 0) is 17.6 Å². The molecule has 2 aromatic carbocycles. The number of phenolic OH excluding ortho intramolecular Hbond substituents is 1. The molecule has 1 amide bonds. The van der Waals surface area contributed by atoms with Gasteiger partial charge in [-0.3, -0.25) is 4.79 Å². The summed E-state index contributed by atoms with van der Waals surface area (Å²) in [5.74, 6) is 0.0519. The number of hydrogen-bond acceptors (Lipinski definition) is 4. The predicted octanol–water partition coefficient (Wildman–Crippen LogP) is 2.36. The van der Waals surface area contributed by atoms with Crippen molar-refractivity contribution in [1.29, 1.82) is 0 Å². The lowest BCUT2D eigenvalue weighted by Gasteiger charge is -2.12. The number of amides is 1. The Hall–Kier alpha value is -2.53. The molecule has 5 nitrogen and oxygen atoms in total. The molecule has 2 rings (SSSR count). The summed E-state index contributed by atoms with van der Waals surface area (Å²) in [5, 5.41) is 22.4. The number of methoxy groups -OCH3 is 1. The molecule has 0 bridgehead atoms. The molecule has 0 fully saturated rings. The van der Waals surface area contributed by atoms with E-state index in [1.165, 1.54) is 7.11 Å². The highest BCUT2D eigenvalue weighted by Crippen LogP contribution is 2.26. The maximum absolute atomic E-state index is 12.0. The van der Waals surface area contributed by atoms with Crippen LogP contribution in [-0.4, -0.2) is 29.8 Å². The summed E-state index contributed by atoms with van der Waals surface area (Å²) in [4.78, 5) is 12.0. The maximum Gasteiger partial charge on any atom is 0.253 e. The molecule has 1 atom stereocenters. The highest BCUT2D eigenvalue weighted by Gasteiger charge is 2.16. The minimum Gasteiger partial charge on any atom is -0.504 e. The van der Waals surface area contributed by atoms with Gasteiger partial charge in [-0.2, -0.15) is 0 Å². The van der Waals surface area contributed by atoms with Crippen molar-refractivity contribution in [2.75, 3.05) is 13.7 Å². The minimum atomic E-state index is -1.18. The summed E-state index contributed by atoms with van der Waals surface area (Å²) in [6, 6.07) is 12.4. The Balaban J connectivity index is 1.88. The van der Waals surface area contributed by atoms with Crippen LogP contribution in [0.3, 0.4) is 0 Å². The number of phenols is 1. The number of ether oxygens (including phenoxy) is 1. The van der Waals surface area contributed by atoms with Crippen molar-refractivity contribution in [2.45, 2.75) is 25.9 Å². The van der Waals surface area contributed by atoms with Gasteiger partial charge in [0.2, 0.25) is 0 Å². The topological polar surface area (TPSA) is 78.8 Å². The lowest BCUT2D eigenvalue weighted by Crippen LogP contribution is -2.31. The third-order valence-corrected chi connectivity index (χ3v) is 3.91. The number of aromatic hydroxyl groups is 1. The first kappa shape index (κ1) is 17.8. The number of nitrogens with one attached hydrogen (secondary N) is 1. The Morgan fingerprint density at radius 2 is 1.83 bits per heavy atom. The number of benzene rings is 2. The van der Waals surface area contributed by atoms with Gasteiger partial charge in [0.1, 0.15) is 0 Å². The van der Waals surface area contributed by atoms with Crippen molar-refractivity contribution in [1.82, 2.24) is 5.32 Å². The van der Waals surface area contributed by atoms with Crippen LogP contribution in [0.2, 0.25) is 0 Å². The highest BCUT2D eigenvalue weighted by molar-refractivity contribution is 5.81. The second kappa shape index (κ2) is 8.36. The lowest BCUT2D eigenvalue weighted by molar-refractivity contribution is -0.129. The van der Waals surface area contributed by atoms with Crippen molar-refractivity contribution in [3.05, 3.63) is 59.2 Å². The SMILES string of the molecule is CCc1ccc([C@H](O)C(=O)NCCc2ccc(O)c(OC)c2)cc1. The van der Waals surface area contributed by atoms with E-state index in [1.807, 2.05) is 12.1 Å². The fourth-order valence-electron chi connectivity index (χ4n) is 2.39. The second-order valence-corrected chi connectivity index (χ2v) is 5.54. The Labute approximate surface area is 141 Å². The number of aliphatic hydroxyl groups excluding tert-OH is 1. The number of carbonyl (C=O) groups is 1. The molecule has 24 heavy (non-hydrogen) atoms. The van der Waals surface area contributed by atoms with Gasteiger partial charge >= 0.3 is 0 Å². The molecule has 0 aromatic heterocycles. The van der Waals surface area contributed by atoms with Crippen LogP contribution in [0.25, 0.3) is 0 Å². The second-order valence-electron chi connectivity index (χ2n) is 5.54. The van der Waals surface area contributed by atoms with Gasteiger partial charge in [-0.25, -0.2) is 0 Å². The normalized spacial score (nSPS) is 11.8. The summed E-state index contributed by atoms with van der Waals surface area (Å²) in [6.45, 7) is 2.44. The Bertz CT molecular complexity index is 682. The summed E-state index contributed by atoms with van der Waals surface area (Å²) in [7, 11) is 1.49. The fourth-order valence-corrected chi connectivity index (χ4v) is 2.39. The Kier molecular flexibility index (Phi) is 6.21. The van der Waals surface area contributed by atoms with Gasteiger partial charge in [-0.1, -0.05) is 37.3 Å². The van der Waals surface area contributed by atoms with Crippen LogP contribution in [0.15, 0.2) is 42.5 Å². The van der Waals surface area contributed by atoms with E-state index in [1.54, 1.807) is 30.3 Å². The van der Waals surface area contributed by atoms with E-state index in [0.29, 0.717) is 24.3 Å². The minimum absolute atomic E-state index is 0.0798. The molecule has 5 heteroatoms. The van der Waals surface area contributed by atoms with Crippen molar-refractivity contribution < 1.29 is 19.7 Å². The van der Waals surface area contributed by atoms with Crippen LogP contribution < -0.4 is 10.1 Å². The summed E-state index contributed by atoms with van der Waals surface area (Å²) < 4.78 is 5.05. The molecule has 0 spiro atoms. The van der Waals surface area contributed by atoms with Gasteiger partial charge in [0.15, 0.2) is 17.6 Å². The quantitative estimate of drug-likeness (QED) is 0.728. The smallest absolute Gasteiger partial charge is 0.253 e. The third kappa shape index (κ3) is 4.49. The van der Waals surface area contributed by atoms with Gasteiger partial charge in [-0.05, 0) is 41.7 Å². The Morgan fingerprint density at radius 3 is 2.46 bits per heavy atom. The zero-order valence-electron chi connectivity index (χ0n) is 14.0. The zero-order valence-corrected chi connectivity index (χ0v) is 14.0. The van der Waals surface area contributed by atoms with Gasteiger partial charge in [-0.15, -0.1) is 0 Å². The van der Waals surface area contributed by atoms with Crippen molar-refractivity contribution in [3.63, 3.8) is 0 Å². The van der Waals surface area contributed by atoms with Crippen molar-refractivity contribution in [3.8, 4) is 11.5 Å². The van der Waals surface area contributed by atoms with Crippen LogP contribution in [0.4, 0.5) is 0 Å². The number of aryl methyl sites for hydroxylation is 1. The molecule has 0 aliphatic carbocycles. The van der Waals surface area contributed by atoms with Crippen molar-refractivity contribution in [2.24, 2.45) is 0 Å². The number of rotatable bonds is 7. The van der Waals surface area contributed by atoms with Gasteiger partial charge in [0, 0.05) is 6.54 Å². The van der Waals surface area contributed by atoms with Gasteiger partial charge in [0.25, 0.3) is 5.91 Å². The Morgan fingerprint density at radius 1 is 1.17 bits per heavy atom. The lowest BCUT2D eigenvalue weighted by atomic mass is 10.1. The zero-order chi connectivity index (χ0) is 17.5. The fraction of sp³-hybridized carbons (Fsp3) is 0.316. The summed E-state index contributed by atoms with van der Waals surface area (Å²) in [5.41, 5.74) is 2.66. The molecular weight excluding hydrogens is 306 g/mol. The third-order valence-electron chi connectivity index (χ3n) is 3.91. The van der Waals surface area contributed by atoms with Gasteiger partial charge in [0.05, 0.1) is 7.11 Å². The summed E-state index contributed by atoms with van der Waals surface area (Å²) in [6.07, 6.45) is 0.313. The first-order chi connectivity index (χ1) is 11.5. The molecule has 2 aromatic rings. The largest absolute Gasteiger partial charge is 0.504 e. The maximum atomic E-state index is 12.0. The standard InChI is InChI=1S/C19H23NO4/c1-3-13-4-7-15(8-5-13)18(22)19(23)20-11-10-14-6-9-16(21)17(12-14)24-2/h4-9,12,18,21-22H,3,10-11H2,1-2H3,(H,20,23)/t18-/m0/s1. The van der Waals surface area contributed by atoms with Crippen LogP contribution in [0, 0.1) is 0 Å².